The SMILES string of the molecule is O=C(NC1CCN(S(=O)(=O)c2ccc(Br)s2)C1)C(F)(F)F. The first-order valence-electron chi connectivity index (χ1n) is 5.74. The molecule has 1 aliphatic rings. The lowest BCUT2D eigenvalue weighted by molar-refractivity contribution is -0.174. The minimum absolute atomic E-state index is 0.0701. The van der Waals surface area contributed by atoms with Gasteiger partial charge in [-0.1, -0.05) is 0 Å². The van der Waals surface area contributed by atoms with Gasteiger partial charge in [0.25, 0.3) is 10.0 Å². The summed E-state index contributed by atoms with van der Waals surface area (Å²) >= 11 is 4.17. The Hall–Kier alpha value is -0.650. The Morgan fingerprint density at radius 3 is 2.62 bits per heavy atom. The fraction of sp³-hybridized carbons (Fsp3) is 0.500. The van der Waals surface area contributed by atoms with Crippen molar-refractivity contribution in [2.75, 3.05) is 13.1 Å². The highest BCUT2D eigenvalue weighted by Crippen LogP contribution is 2.30. The molecular formula is C10H10BrF3N2O3S2. The minimum atomic E-state index is -4.97. The van der Waals surface area contributed by atoms with E-state index in [0.717, 1.165) is 15.6 Å². The number of halogens is 4. The van der Waals surface area contributed by atoms with Crippen molar-refractivity contribution >= 4 is 43.2 Å². The summed E-state index contributed by atoms with van der Waals surface area (Å²) in [4.78, 5) is 10.8. The van der Waals surface area contributed by atoms with Crippen LogP contribution in [0.2, 0.25) is 0 Å². The van der Waals surface area contributed by atoms with Crippen molar-refractivity contribution in [1.29, 1.82) is 0 Å². The van der Waals surface area contributed by atoms with Crippen LogP contribution in [0.15, 0.2) is 20.1 Å². The van der Waals surface area contributed by atoms with E-state index in [1.54, 1.807) is 11.4 Å². The van der Waals surface area contributed by atoms with Crippen molar-refractivity contribution in [3.05, 3.63) is 15.9 Å². The van der Waals surface area contributed by atoms with E-state index in [0.29, 0.717) is 3.79 Å². The van der Waals surface area contributed by atoms with E-state index in [1.807, 2.05) is 0 Å². The van der Waals surface area contributed by atoms with E-state index in [-0.39, 0.29) is 23.7 Å². The molecule has 21 heavy (non-hydrogen) atoms. The molecule has 1 amide bonds. The summed E-state index contributed by atoms with van der Waals surface area (Å²) < 4.78 is 62.8. The predicted molar refractivity (Wildman–Crippen MR) is 73.4 cm³/mol. The lowest BCUT2D eigenvalue weighted by atomic mass is 10.2. The molecule has 1 N–H and O–H groups in total. The second-order valence-electron chi connectivity index (χ2n) is 4.38. The number of thiophene rings is 1. The zero-order valence-corrected chi connectivity index (χ0v) is 13.6. The number of carbonyl (C=O) groups excluding carboxylic acids is 1. The lowest BCUT2D eigenvalue weighted by Crippen LogP contribution is -2.44. The Morgan fingerprint density at radius 2 is 2.10 bits per heavy atom. The van der Waals surface area contributed by atoms with Gasteiger partial charge in [-0.05, 0) is 34.5 Å². The van der Waals surface area contributed by atoms with Gasteiger partial charge in [0.1, 0.15) is 4.21 Å². The number of rotatable bonds is 3. The summed E-state index contributed by atoms with van der Waals surface area (Å²) in [5, 5.41) is 1.80. The summed E-state index contributed by atoms with van der Waals surface area (Å²) in [7, 11) is -3.73. The molecule has 0 aromatic carbocycles. The molecule has 2 rings (SSSR count). The Bertz CT molecular complexity index is 644. The van der Waals surface area contributed by atoms with Crippen LogP contribution in [0.4, 0.5) is 13.2 Å². The molecular weight excluding hydrogens is 397 g/mol. The highest BCUT2D eigenvalue weighted by molar-refractivity contribution is 9.11. The lowest BCUT2D eigenvalue weighted by Gasteiger charge is -2.16. The molecule has 1 aromatic heterocycles. The van der Waals surface area contributed by atoms with Gasteiger partial charge in [-0.2, -0.15) is 17.5 Å². The molecule has 1 unspecified atom stereocenters. The normalized spacial score (nSPS) is 20.7. The molecule has 1 fully saturated rings. The predicted octanol–water partition coefficient (Wildman–Crippen LogP) is 1.95. The number of hydrogen-bond donors (Lipinski definition) is 1. The molecule has 1 aliphatic heterocycles. The van der Waals surface area contributed by atoms with Crippen LogP contribution in [0.5, 0.6) is 0 Å². The zero-order chi connectivity index (χ0) is 15.8. The zero-order valence-electron chi connectivity index (χ0n) is 10.4. The van der Waals surface area contributed by atoms with Crippen LogP contribution in [-0.4, -0.2) is 43.9 Å². The quantitative estimate of drug-likeness (QED) is 0.833. The first kappa shape index (κ1) is 16.7. The maximum atomic E-state index is 12.3. The van der Waals surface area contributed by atoms with E-state index in [9.17, 15) is 26.4 Å². The van der Waals surface area contributed by atoms with Crippen molar-refractivity contribution in [2.24, 2.45) is 0 Å². The molecule has 2 heterocycles. The van der Waals surface area contributed by atoms with E-state index in [2.05, 4.69) is 15.9 Å². The second-order valence-corrected chi connectivity index (χ2v) is 9.01. The number of alkyl halides is 3. The van der Waals surface area contributed by atoms with E-state index in [4.69, 9.17) is 0 Å². The van der Waals surface area contributed by atoms with Crippen molar-refractivity contribution in [2.45, 2.75) is 22.8 Å². The van der Waals surface area contributed by atoms with E-state index in [1.165, 1.54) is 6.07 Å². The molecule has 0 aliphatic carbocycles. The average molecular weight is 407 g/mol. The molecule has 11 heteroatoms. The van der Waals surface area contributed by atoms with E-state index < -0.39 is 28.1 Å². The molecule has 1 aromatic rings. The van der Waals surface area contributed by atoms with Crippen molar-refractivity contribution < 1.29 is 26.4 Å². The third-order valence-corrected chi connectivity index (χ3v) is 6.84. The van der Waals surface area contributed by atoms with Crippen molar-refractivity contribution in [1.82, 2.24) is 9.62 Å². The van der Waals surface area contributed by atoms with Crippen LogP contribution in [-0.2, 0) is 14.8 Å². The Morgan fingerprint density at radius 1 is 1.43 bits per heavy atom. The largest absolute Gasteiger partial charge is 0.471 e. The number of carbonyl (C=O) groups is 1. The molecule has 0 bridgehead atoms. The number of hydrogen-bond acceptors (Lipinski definition) is 4. The summed E-state index contributed by atoms with van der Waals surface area (Å²) in [6, 6.07) is 2.17. The topological polar surface area (TPSA) is 66.5 Å². The fourth-order valence-electron chi connectivity index (χ4n) is 1.90. The number of amides is 1. The number of nitrogens with one attached hydrogen (secondary N) is 1. The van der Waals surface area contributed by atoms with Crippen LogP contribution in [0, 0.1) is 0 Å². The molecule has 1 saturated heterocycles. The van der Waals surface area contributed by atoms with Gasteiger partial charge in [-0.3, -0.25) is 4.79 Å². The molecule has 118 valence electrons. The standard InChI is InChI=1S/C10H10BrF3N2O3S2/c11-7-1-2-8(20-7)21(18,19)16-4-3-6(5-16)15-9(17)10(12,13)14/h1-2,6H,3-5H2,(H,15,17). The van der Waals surface area contributed by atoms with Crippen LogP contribution in [0.3, 0.4) is 0 Å². The van der Waals surface area contributed by atoms with Gasteiger partial charge in [0, 0.05) is 19.1 Å². The fourth-order valence-corrected chi connectivity index (χ4v) is 5.56. The average Bonchev–Trinajstić information content (AvgIpc) is 2.97. The highest BCUT2D eigenvalue weighted by atomic mass is 79.9. The number of nitrogens with zero attached hydrogens (tertiary/aromatic N) is 1. The van der Waals surface area contributed by atoms with Gasteiger partial charge in [-0.25, -0.2) is 8.42 Å². The van der Waals surface area contributed by atoms with Gasteiger partial charge in [-0.15, -0.1) is 11.3 Å². The van der Waals surface area contributed by atoms with Gasteiger partial charge in [0.05, 0.1) is 3.79 Å². The third-order valence-electron chi connectivity index (χ3n) is 2.89. The molecule has 0 radical (unpaired) electrons. The van der Waals surface area contributed by atoms with Gasteiger partial charge >= 0.3 is 12.1 Å². The highest BCUT2D eigenvalue weighted by Gasteiger charge is 2.42. The maximum Gasteiger partial charge on any atom is 0.471 e. The first-order valence-corrected chi connectivity index (χ1v) is 8.79. The molecule has 0 saturated carbocycles. The Labute approximate surface area is 131 Å². The Kier molecular flexibility index (Phi) is 4.66. The van der Waals surface area contributed by atoms with Gasteiger partial charge < -0.3 is 5.32 Å². The summed E-state index contributed by atoms with van der Waals surface area (Å²) in [5.74, 6) is -2.05. The minimum Gasteiger partial charge on any atom is -0.344 e. The van der Waals surface area contributed by atoms with Crippen LogP contribution >= 0.6 is 27.3 Å². The molecule has 1 atom stereocenters. The van der Waals surface area contributed by atoms with Crippen molar-refractivity contribution in [3.8, 4) is 0 Å². The van der Waals surface area contributed by atoms with Gasteiger partial charge in [0.15, 0.2) is 0 Å². The second kappa shape index (κ2) is 5.86. The Balaban J connectivity index is 2.04. The molecule has 0 spiro atoms. The summed E-state index contributed by atoms with van der Waals surface area (Å²) in [5.41, 5.74) is 0. The monoisotopic (exact) mass is 406 g/mol. The number of sulfonamides is 1. The summed E-state index contributed by atoms with van der Waals surface area (Å²) in [6.07, 6.45) is -4.82. The van der Waals surface area contributed by atoms with Crippen LogP contribution in [0.25, 0.3) is 0 Å². The smallest absolute Gasteiger partial charge is 0.344 e. The van der Waals surface area contributed by atoms with Crippen molar-refractivity contribution in [3.63, 3.8) is 0 Å². The first-order chi connectivity index (χ1) is 9.60. The maximum absolute atomic E-state index is 12.3. The van der Waals surface area contributed by atoms with Gasteiger partial charge in [0.2, 0.25) is 0 Å². The third kappa shape index (κ3) is 3.76. The van der Waals surface area contributed by atoms with Crippen LogP contribution in [0.1, 0.15) is 6.42 Å². The molecule has 5 nitrogen and oxygen atoms in total. The van der Waals surface area contributed by atoms with E-state index >= 15 is 0 Å². The summed E-state index contributed by atoms with van der Waals surface area (Å²) in [6.45, 7) is -0.0969. The van der Waals surface area contributed by atoms with Crippen LogP contribution < -0.4 is 5.32 Å².